The summed E-state index contributed by atoms with van der Waals surface area (Å²) in [6.07, 6.45) is -2.20. The van der Waals surface area contributed by atoms with Gasteiger partial charge in [-0.2, -0.15) is 18.4 Å². The van der Waals surface area contributed by atoms with Gasteiger partial charge in [0.1, 0.15) is 0 Å². The fourth-order valence-electron chi connectivity index (χ4n) is 2.00. The maximum atomic E-state index is 12.4. The molecule has 0 spiro atoms. The maximum absolute atomic E-state index is 12.4. The van der Waals surface area contributed by atoms with Crippen LogP contribution in [-0.4, -0.2) is 0 Å². The van der Waals surface area contributed by atoms with Gasteiger partial charge >= 0.3 is 6.18 Å². The van der Waals surface area contributed by atoms with Crippen LogP contribution in [0.15, 0.2) is 24.3 Å². The van der Waals surface area contributed by atoms with Crippen LogP contribution in [0.2, 0.25) is 0 Å². The summed E-state index contributed by atoms with van der Waals surface area (Å²) in [4.78, 5) is 0. The molecule has 98 valence electrons. The molecule has 0 fully saturated rings. The van der Waals surface area contributed by atoms with Gasteiger partial charge in [0.25, 0.3) is 0 Å². The molecule has 0 bridgehead atoms. The van der Waals surface area contributed by atoms with Gasteiger partial charge in [-0.15, -0.1) is 0 Å². The van der Waals surface area contributed by atoms with E-state index in [9.17, 15) is 13.2 Å². The van der Waals surface area contributed by atoms with Gasteiger partial charge < -0.3 is 0 Å². The van der Waals surface area contributed by atoms with Crippen molar-refractivity contribution >= 4 is 0 Å². The van der Waals surface area contributed by atoms with Gasteiger partial charge in [-0.25, -0.2) is 0 Å². The van der Waals surface area contributed by atoms with E-state index in [2.05, 4.69) is 6.07 Å². The molecule has 4 heteroatoms. The second kappa shape index (κ2) is 5.43. The maximum Gasteiger partial charge on any atom is 0.416 e. The van der Waals surface area contributed by atoms with Gasteiger partial charge in [-0.05, 0) is 37.5 Å². The Balaban J connectivity index is 2.84. The van der Waals surface area contributed by atoms with Gasteiger partial charge in [-0.3, -0.25) is 0 Å². The molecule has 0 amide bonds. The lowest BCUT2D eigenvalue weighted by Crippen LogP contribution is -2.17. The normalized spacial score (nSPS) is 14.9. The monoisotopic (exact) mass is 255 g/mol. The lowest BCUT2D eigenvalue weighted by atomic mass is 9.81. The molecule has 0 heterocycles. The van der Waals surface area contributed by atoms with E-state index in [1.54, 1.807) is 0 Å². The molecular weight excluding hydrogens is 239 g/mol. The average molecular weight is 255 g/mol. The predicted octanol–water partition coefficient (Wildman–Crippen LogP) is 4.58. The van der Waals surface area contributed by atoms with Crippen LogP contribution in [0.5, 0.6) is 0 Å². The average Bonchev–Trinajstić information content (AvgIpc) is 2.29. The van der Waals surface area contributed by atoms with Crippen molar-refractivity contribution in [3.63, 3.8) is 0 Å². The Morgan fingerprint density at radius 1 is 1.17 bits per heavy atom. The highest BCUT2D eigenvalue weighted by atomic mass is 19.4. The number of benzene rings is 1. The quantitative estimate of drug-likeness (QED) is 0.772. The Morgan fingerprint density at radius 2 is 1.72 bits per heavy atom. The first kappa shape index (κ1) is 14.6. The van der Waals surface area contributed by atoms with Crippen LogP contribution in [0.4, 0.5) is 13.2 Å². The third kappa shape index (κ3) is 3.76. The number of nitriles is 1. The van der Waals surface area contributed by atoms with Crippen molar-refractivity contribution in [1.29, 1.82) is 5.26 Å². The summed E-state index contributed by atoms with van der Waals surface area (Å²) in [5, 5.41) is 9.13. The third-order valence-corrected chi connectivity index (χ3v) is 2.95. The molecule has 0 saturated heterocycles. The van der Waals surface area contributed by atoms with Crippen LogP contribution in [0, 0.1) is 16.7 Å². The number of hydrogen-bond donors (Lipinski definition) is 0. The van der Waals surface area contributed by atoms with Crippen LogP contribution >= 0.6 is 0 Å². The fourth-order valence-corrected chi connectivity index (χ4v) is 2.00. The largest absolute Gasteiger partial charge is 0.416 e. The Morgan fingerprint density at radius 3 is 2.11 bits per heavy atom. The van der Waals surface area contributed by atoms with E-state index in [4.69, 9.17) is 5.26 Å². The molecule has 0 N–H and O–H groups in total. The SMILES string of the molecule is CCCC(C)(C#N)Cc1ccc(C(F)(F)F)cc1. The van der Waals surface area contributed by atoms with Gasteiger partial charge in [0, 0.05) is 0 Å². The molecule has 1 unspecified atom stereocenters. The molecule has 1 nitrogen and oxygen atoms in total. The van der Waals surface area contributed by atoms with Crippen molar-refractivity contribution in [2.24, 2.45) is 5.41 Å². The molecule has 0 aromatic heterocycles. The van der Waals surface area contributed by atoms with E-state index in [0.29, 0.717) is 6.42 Å². The van der Waals surface area contributed by atoms with Gasteiger partial charge in [0.05, 0.1) is 17.0 Å². The van der Waals surface area contributed by atoms with Gasteiger partial charge in [-0.1, -0.05) is 25.5 Å². The molecule has 1 aromatic carbocycles. The minimum atomic E-state index is -4.31. The summed E-state index contributed by atoms with van der Waals surface area (Å²) in [5.41, 5.74) is -0.394. The van der Waals surface area contributed by atoms with E-state index in [1.807, 2.05) is 13.8 Å². The summed E-state index contributed by atoms with van der Waals surface area (Å²) in [6.45, 7) is 3.83. The molecule has 0 aliphatic heterocycles. The summed E-state index contributed by atoms with van der Waals surface area (Å²) in [5.74, 6) is 0. The van der Waals surface area contributed by atoms with E-state index < -0.39 is 17.2 Å². The van der Waals surface area contributed by atoms with Crippen molar-refractivity contribution in [3.05, 3.63) is 35.4 Å². The number of alkyl halides is 3. The van der Waals surface area contributed by atoms with Crippen LogP contribution in [0.3, 0.4) is 0 Å². The van der Waals surface area contributed by atoms with Crippen LogP contribution in [0.25, 0.3) is 0 Å². The zero-order valence-corrected chi connectivity index (χ0v) is 10.5. The van der Waals surface area contributed by atoms with Gasteiger partial charge in [0.15, 0.2) is 0 Å². The van der Waals surface area contributed by atoms with Crippen molar-refractivity contribution in [1.82, 2.24) is 0 Å². The number of halogens is 3. The number of rotatable bonds is 4. The minimum absolute atomic E-state index is 0.482. The first-order valence-corrected chi connectivity index (χ1v) is 5.88. The van der Waals surface area contributed by atoms with Crippen molar-refractivity contribution in [2.45, 2.75) is 39.3 Å². The summed E-state index contributed by atoms with van der Waals surface area (Å²) in [6, 6.07) is 7.29. The molecule has 0 aliphatic carbocycles. The Bertz CT molecular complexity index is 428. The zero-order chi connectivity index (χ0) is 13.8. The highest BCUT2D eigenvalue weighted by Gasteiger charge is 2.30. The predicted molar refractivity (Wildman–Crippen MR) is 63.8 cm³/mol. The lowest BCUT2D eigenvalue weighted by molar-refractivity contribution is -0.137. The standard InChI is InChI=1S/C14H16F3N/c1-3-8-13(2,10-18)9-11-4-6-12(7-5-11)14(15,16)17/h4-7H,3,8-9H2,1-2H3. The molecule has 0 saturated carbocycles. The summed E-state index contributed by atoms with van der Waals surface area (Å²) >= 11 is 0. The molecule has 1 rings (SSSR count). The van der Waals surface area contributed by atoms with E-state index in [1.165, 1.54) is 12.1 Å². The second-order valence-corrected chi connectivity index (χ2v) is 4.79. The highest BCUT2D eigenvalue weighted by molar-refractivity contribution is 5.26. The van der Waals surface area contributed by atoms with Gasteiger partial charge in [0.2, 0.25) is 0 Å². The second-order valence-electron chi connectivity index (χ2n) is 4.79. The van der Waals surface area contributed by atoms with E-state index in [-0.39, 0.29) is 0 Å². The topological polar surface area (TPSA) is 23.8 Å². The molecule has 1 aromatic rings. The van der Waals surface area contributed by atoms with E-state index in [0.717, 1.165) is 30.5 Å². The molecule has 1 atom stereocenters. The van der Waals surface area contributed by atoms with Crippen LogP contribution < -0.4 is 0 Å². The minimum Gasteiger partial charge on any atom is -0.198 e. The van der Waals surface area contributed by atoms with Crippen molar-refractivity contribution in [2.75, 3.05) is 0 Å². The third-order valence-electron chi connectivity index (χ3n) is 2.95. The summed E-state index contributed by atoms with van der Waals surface area (Å²) in [7, 11) is 0. The smallest absolute Gasteiger partial charge is 0.198 e. The zero-order valence-electron chi connectivity index (χ0n) is 10.5. The Hall–Kier alpha value is -1.50. The summed E-state index contributed by atoms with van der Waals surface area (Å²) < 4.78 is 37.2. The highest BCUT2D eigenvalue weighted by Crippen LogP contribution is 2.31. The van der Waals surface area contributed by atoms with E-state index >= 15 is 0 Å². The first-order valence-electron chi connectivity index (χ1n) is 5.88. The van der Waals surface area contributed by atoms with Crippen LogP contribution in [-0.2, 0) is 12.6 Å². The molecular formula is C14H16F3N. The molecule has 0 radical (unpaired) electrons. The Kier molecular flexibility index (Phi) is 4.39. The van der Waals surface area contributed by atoms with Crippen molar-refractivity contribution < 1.29 is 13.2 Å². The lowest BCUT2D eigenvalue weighted by Gasteiger charge is -2.20. The fraction of sp³-hybridized carbons (Fsp3) is 0.500. The van der Waals surface area contributed by atoms with Crippen LogP contribution in [0.1, 0.15) is 37.8 Å². The number of hydrogen-bond acceptors (Lipinski definition) is 1. The molecule has 18 heavy (non-hydrogen) atoms. The van der Waals surface area contributed by atoms with Crippen molar-refractivity contribution in [3.8, 4) is 6.07 Å². The Labute approximate surface area is 105 Å². The molecule has 0 aliphatic rings. The first-order chi connectivity index (χ1) is 8.30. The number of nitrogens with zero attached hydrogens (tertiary/aromatic N) is 1.